The Bertz CT molecular complexity index is 394. The fraction of sp³-hybridized carbons (Fsp3) is 0.727. The Balaban J connectivity index is 1.83. The normalized spacial score (nSPS) is 24.6. The molecule has 1 aliphatic rings. The maximum Gasteiger partial charge on any atom is 0.309 e. The van der Waals surface area contributed by atoms with E-state index >= 15 is 0 Å². The highest BCUT2D eigenvalue weighted by molar-refractivity contribution is 7.05. The molecule has 0 N–H and O–H groups in total. The average Bonchev–Trinajstić information content (AvgIpc) is 2.72. The summed E-state index contributed by atoms with van der Waals surface area (Å²) in [5.41, 5.74) is 0.836. The number of ether oxygens (including phenoxy) is 2. The van der Waals surface area contributed by atoms with Gasteiger partial charge in [0.2, 0.25) is 0 Å². The van der Waals surface area contributed by atoms with Crippen LogP contribution in [0.1, 0.15) is 30.3 Å². The molecule has 2 heterocycles. The summed E-state index contributed by atoms with van der Waals surface area (Å²) in [4.78, 5) is 12.8. The molecule has 0 saturated carbocycles. The zero-order valence-corrected chi connectivity index (χ0v) is 10.8. The molecule has 0 aromatic carbocycles. The molecule has 0 aliphatic carbocycles. The summed E-state index contributed by atoms with van der Waals surface area (Å²) >= 11 is 1.28. The molecule has 6 heteroatoms. The number of aryl methyl sites for hydroxylation is 1. The van der Waals surface area contributed by atoms with Crippen LogP contribution in [0.4, 0.5) is 0 Å². The van der Waals surface area contributed by atoms with E-state index in [0.29, 0.717) is 6.61 Å². The van der Waals surface area contributed by atoms with E-state index in [1.54, 1.807) is 0 Å². The first-order valence-corrected chi connectivity index (χ1v) is 6.50. The third kappa shape index (κ3) is 3.23. The Kier molecular flexibility index (Phi) is 4.06. The van der Waals surface area contributed by atoms with Gasteiger partial charge in [0, 0.05) is 6.61 Å². The molecule has 0 amide bonds. The molecule has 1 fully saturated rings. The highest BCUT2D eigenvalue weighted by atomic mass is 32.1. The number of hydrogen-bond donors (Lipinski definition) is 0. The largest absolute Gasteiger partial charge is 0.460 e. The van der Waals surface area contributed by atoms with Gasteiger partial charge in [0.15, 0.2) is 0 Å². The molecule has 1 aromatic rings. The van der Waals surface area contributed by atoms with Crippen molar-refractivity contribution >= 4 is 17.5 Å². The van der Waals surface area contributed by atoms with E-state index in [4.69, 9.17) is 9.47 Å². The maximum atomic E-state index is 11.8. The van der Waals surface area contributed by atoms with E-state index in [1.807, 2.05) is 13.8 Å². The van der Waals surface area contributed by atoms with E-state index in [0.717, 1.165) is 23.4 Å². The third-order valence-electron chi connectivity index (χ3n) is 2.91. The highest BCUT2D eigenvalue weighted by Gasteiger charge is 2.27. The first kappa shape index (κ1) is 12.4. The fourth-order valence-corrected chi connectivity index (χ4v) is 2.40. The number of aromatic nitrogens is 2. The van der Waals surface area contributed by atoms with E-state index in [2.05, 4.69) is 9.59 Å². The van der Waals surface area contributed by atoms with Crippen molar-refractivity contribution in [3.63, 3.8) is 0 Å². The van der Waals surface area contributed by atoms with Crippen LogP contribution in [0, 0.1) is 12.8 Å². The quantitative estimate of drug-likeness (QED) is 0.770. The SMILES string of the molecule is Cc1nnsc1COC(=O)[C@H]1CCO[C@@H](C)C1. The van der Waals surface area contributed by atoms with Gasteiger partial charge in [-0.3, -0.25) is 4.79 Å². The van der Waals surface area contributed by atoms with Gasteiger partial charge in [0.05, 0.1) is 22.6 Å². The van der Waals surface area contributed by atoms with Crippen LogP contribution >= 0.6 is 11.5 Å². The van der Waals surface area contributed by atoms with E-state index in [1.165, 1.54) is 11.5 Å². The summed E-state index contributed by atoms with van der Waals surface area (Å²) in [6.45, 7) is 4.77. The Hall–Kier alpha value is -1.01. The minimum absolute atomic E-state index is 0.0278. The highest BCUT2D eigenvalue weighted by Crippen LogP contribution is 2.22. The molecule has 0 bridgehead atoms. The van der Waals surface area contributed by atoms with Gasteiger partial charge < -0.3 is 9.47 Å². The van der Waals surface area contributed by atoms with Gasteiger partial charge in [-0.15, -0.1) is 5.10 Å². The van der Waals surface area contributed by atoms with E-state index in [-0.39, 0.29) is 24.6 Å². The summed E-state index contributed by atoms with van der Waals surface area (Å²) in [6.07, 6.45) is 1.65. The molecule has 5 nitrogen and oxygen atoms in total. The Labute approximate surface area is 104 Å². The van der Waals surface area contributed by atoms with Gasteiger partial charge in [-0.2, -0.15) is 0 Å². The fourth-order valence-electron chi connectivity index (χ4n) is 1.85. The van der Waals surface area contributed by atoms with Crippen LogP contribution in [-0.4, -0.2) is 28.3 Å². The van der Waals surface area contributed by atoms with Crippen molar-refractivity contribution < 1.29 is 14.3 Å². The van der Waals surface area contributed by atoms with Crippen LogP contribution in [0.15, 0.2) is 0 Å². The lowest BCUT2D eigenvalue weighted by Gasteiger charge is -2.25. The first-order valence-electron chi connectivity index (χ1n) is 5.73. The molecule has 0 spiro atoms. The monoisotopic (exact) mass is 256 g/mol. The lowest BCUT2D eigenvalue weighted by atomic mass is 9.96. The van der Waals surface area contributed by atoms with Crippen LogP contribution in [0.5, 0.6) is 0 Å². The molecule has 94 valence electrons. The predicted octanol–water partition coefficient (Wildman–Crippen LogP) is 1.70. The van der Waals surface area contributed by atoms with Crippen molar-refractivity contribution in [2.45, 2.75) is 39.4 Å². The van der Waals surface area contributed by atoms with Gasteiger partial charge in [-0.25, -0.2) is 0 Å². The number of carbonyl (C=O) groups excluding carboxylic acids is 1. The molecular weight excluding hydrogens is 240 g/mol. The van der Waals surface area contributed by atoms with Crippen LogP contribution in [-0.2, 0) is 20.9 Å². The van der Waals surface area contributed by atoms with Crippen molar-refractivity contribution in [3.8, 4) is 0 Å². The zero-order chi connectivity index (χ0) is 12.3. The average molecular weight is 256 g/mol. The lowest BCUT2D eigenvalue weighted by Crippen LogP contribution is -2.29. The van der Waals surface area contributed by atoms with Crippen molar-refractivity contribution in [1.82, 2.24) is 9.59 Å². The summed E-state index contributed by atoms with van der Waals surface area (Å²) in [5, 5.41) is 3.88. The molecule has 1 aliphatic heterocycles. The van der Waals surface area contributed by atoms with Gasteiger partial charge in [0.1, 0.15) is 6.61 Å². The van der Waals surface area contributed by atoms with E-state index < -0.39 is 0 Å². The van der Waals surface area contributed by atoms with Gasteiger partial charge in [-0.05, 0) is 38.2 Å². The van der Waals surface area contributed by atoms with Crippen molar-refractivity contribution in [3.05, 3.63) is 10.6 Å². The summed E-state index contributed by atoms with van der Waals surface area (Å²) in [7, 11) is 0. The van der Waals surface area contributed by atoms with Crippen LogP contribution < -0.4 is 0 Å². The Morgan fingerprint density at radius 1 is 1.65 bits per heavy atom. The summed E-state index contributed by atoms with van der Waals surface area (Å²) < 4.78 is 14.5. The second kappa shape index (κ2) is 5.55. The van der Waals surface area contributed by atoms with E-state index in [9.17, 15) is 4.79 Å². The van der Waals surface area contributed by atoms with Gasteiger partial charge >= 0.3 is 5.97 Å². The number of esters is 1. The molecule has 17 heavy (non-hydrogen) atoms. The van der Waals surface area contributed by atoms with Gasteiger partial charge in [-0.1, -0.05) is 4.49 Å². The minimum Gasteiger partial charge on any atom is -0.460 e. The van der Waals surface area contributed by atoms with Crippen LogP contribution in [0.2, 0.25) is 0 Å². The first-order chi connectivity index (χ1) is 8.16. The smallest absolute Gasteiger partial charge is 0.309 e. The molecule has 2 atom stereocenters. The summed E-state index contributed by atoms with van der Waals surface area (Å²) in [6, 6.07) is 0. The molecule has 0 radical (unpaired) electrons. The van der Waals surface area contributed by atoms with Crippen molar-refractivity contribution in [1.29, 1.82) is 0 Å². The Morgan fingerprint density at radius 2 is 2.47 bits per heavy atom. The zero-order valence-electron chi connectivity index (χ0n) is 10.0. The van der Waals surface area contributed by atoms with Crippen molar-refractivity contribution in [2.24, 2.45) is 5.92 Å². The standard InChI is InChI=1S/C11H16N2O3S/c1-7-5-9(3-4-15-7)11(14)16-6-10-8(2)12-13-17-10/h7,9H,3-6H2,1-2H3/t7-,9-/m0/s1. The Morgan fingerprint density at radius 3 is 3.12 bits per heavy atom. The van der Waals surface area contributed by atoms with Gasteiger partial charge in [0.25, 0.3) is 0 Å². The number of hydrogen-bond acceptors (Lipinski definition) is 6. The van der Waals surface area contributed by atoms with Crippen LogP contribution in [0.25, 0.3) is 0 Å². The third-order valence-corrected chi connectivity index (χ3v) is 3.71. The molecule has 2 rings (SSSR count). The molecule has 1 aromatic heterocycles. The summed E-state index contributed by atoms with van der Waals surface area (Å²) in [5.74, 6) is -0.159. The van der Waals surface area contributed by atoms with Crippen molar-refractivity contribution in [2.75, 3.05) is 6.61 Å². The number of rotatable bonds is 3. The lowest BCUT2D eigenvalue weighted by molar-refractivity contribution is -0.154. The molecular formula is C11H16N2O3S. The predicted molar refractivity (Wildman–Crippen MR) is 62.6 cm³/mol. The topological polar surface area (TPSA) is 61.3 Å². The minimum atomic E-state index is -0.132. The second-order valence-corrected chi connectivity index (χ2v) is 5.13. The maximum absolute atomic E-state index is 11.8. The number of nitrogens with zero attached hydrogens (tertiary/aromatic N) is 2. The molecule has 0 unspecified atom stereocenters. The molecule has 1 saturated heterocycles. The second-order valence-electron chi connectivity index (χ2n) is 4.29. The number of carbonyl (C=O) groups is 1. The van der Waals surface area contributed by atoms with Crippen LogP contribution in [0.3, 0.4) is 0 Å².